The number of anilines is 2. The summed E-state index contributed by atoms with van der Waals surface area (Å²) in [6, 6.07) is 16.5. The quantitative estimate of drug-likeness (QED) is 0.477. The van der Waals surface area contributed by atoms with Gasteiger partial charge < -0.3 is 19.7 Å². The maximum atomic E-state index is 14.3. The minimum absolute atomic E-state index is 0.325. The van der Waals surface area contributed by atoms with E-state index in [1.165, 1.54) is 6.07 Å². The highest BCUT2D eigenvalue weighted by atomic mass is 19.1. The van der Waals surface area contributed by atoms with Gasteiger partial charge in [-0.05, 0) is 37.1 Å². The summed E-state index contributed by atoms with van der Waals surface area (Å²) < 4.78 is 26.7. The number of benzene rings is 2. The Kier molecular flexibility index (Phi) is 5.68. The van der Waals surface area contributed by atoms with Crippen molar-refractivity contribution in [2.45, 2.75) is 18.9 Å². The molecule has 9 heteroatoms. The van der Waals surface area contributed by atoms with Crippen molar-refractivity contribution in [3.05, 3.63) is 60.4 Å². The molecule has 1 aliphatic rings. The van der Waals surface area contributed by atoms with Crippen molar-refractivity contribution in [2.75, 3.05) is 37.5 Å². The highest BCUT2D eigenvalue weighted by molar-refractivity contribution is 5.60. The fourth-order valence-corrected chi connectivity index (χ4v) is 4.14. The minimum atomic E-state index is -0.347. The second-order valence-electron chi connectivity index (χ2n) is 7.97. The topological polar surface area (TPSA) is 76.8 Å². The molecule has 0 atom stereocenters. The van der Waals surface area contributed by atoms with Crippen molar-refractivity contribution in [3.63, 3.8) is 0 Å². The number of halogens is 1. The molecule has 0 amide bonds. The van der Waals surface area contributed by atoms with Crippen molar-refractivity contribution in [1.29, 1.82) is 0 Å². The first kappa shape index (κ1) is 21.0. The van der Waals surface area contributed by atoms with Gasteiger partial charge in [0.25, 0.3) is 0 Å². The Morgan fingerprint density at radius 3 is 2.36 bits per heavy atom. The number of hydrogen-bond acceptors (Lipinski definition) is 7. The monoisotopic (exact) mass is 448 g/mol. The third kappa shape index (κ3) is 4.26. The van der Waals surface area contributed by atoms with Gasteiger partial charge in [0, 0.05) is 43.0 Å². The van der Waals surface area contributed by atoms with E-state index in [2.05, 4.69) is 20.4 Å². The molecule has 5 rings (SSSR count). The lowest BCUT2D eigenvalue weighted by Crippen LogP contribution is -2.39. The predicted molar refractivity (Wildman–Crippen MR) is 125 cm³/mol. The van der Waals surface area contributed by atoms with Crippen LogP contribution >= 0.6 is 0 Å². The molecule has 0 radical (unpaired) electrons. The van der Waals surface area contributed by atoms with Gasteiger partial charge in [-0.25, -0.2) is 4.39 Å². The molecule has 0 saturated carbocycles. The Morgan fingerprint density at radius 2 is 1.67 bits per heavy atom. The Labute approximate surface area is 191 Å². The Bertz CT molecular complexity index is 1250. The Balaban J connectivity index is 1.31. The molecule has 170 valence electrons. The van der Waals surface area contributed by atoms with Crippen LogP contribution in [0, 0.1) is 5.82 Å². The highest BCUT2D eigenvalue weighted by Gasteiger charge is 2.22. The van der Waals surface area contributed by atoms with Gasteiger partial charge in [-0.2, -0.15) is 4.52 Å². The third-order valence-electron chi connectivity index (χ3n) is 5.90. The molecule has 33 heavy (non-hydrogen) atoms. The van der Waals surface area contributed by atoms with Crippen LogP contribution in [0.4, 0.5) is 15.9 Å². The van der Waals surface area contributed by atoms with E-state index in [4.69, 9.17) is 14.6 Å². The minimum Gasteiger partial charge on any atom is -0.497 e. The molecular weight excluding hydrogens is 423 g/mol. The maximum absolute atomic E-state index is 14.3. The van der Waals surface area contributed by atoms with Crippen LogP contribution in [-0.2, 0) is 0 Å². The average Bonchev–Trinajstić information content (AvgIpc) is 3.27. The molecule has 1 saturated heterocycles. The molecule has 3 heterocycles. The van der Waals surface area contributed by atoms with Crippen LogP contribution in [0.2, 0.25) is 0 Å². The largest absolute Gasteiger partial charge is 0.497 e. The first-order valence-electron chi connectivity index (χ1n) is 10.9. The number of aromatic nitrogens is 4. The highest BCUT2D eigenvalue weighted by Crippen LogP contribution is 2.28. The number of nitrogens with one attached hydrogen (secondary N) is 1. The molecule has 0 bridgehead atoms. The van der Waals surface area contributed by atoms with Gasteiger partial charge in [0.2, 0.25) is 0 Å². The number of nitrogens with zero attached hydrogens (tertiary/aromatic N) is 5. The second kappa shape index (κ2) is 8.93. The van der Waals surface area contributed by atoms with E-state index < -0.39 is 0 Å². The first-order valence-corrected chi connectivity index (χ1v) is 10.9. The number of fused-ring (bicyclic) bond motifs is 1. The van der Waals surface area contributed by atoms with Crippen LogP contribution in [0.5, 0.6) is 11.5 Å². The molecule has 1 fully saturated rings. The van der Waals surface area contributed by atoms with Gasteiger partial charge >= 0.3 is 0 Å². The van der Waals surface area contributed by atoms with Crippen LogP contribution in [0.25, 0.3) is 17.0 Å². The summed E-state index contributed by atoms with van der Waals surface area (Å²) in [6.45, 7) is 1.68. The van der Waals surface area contributed by atoms with Crippen molar-refractivity contribution in [1.82, 2.24) is 19.8 Å². The van der Waals surface area contributed by atoms with Crippen LogP contribution in [0.3, 0.4) is 0 Å². The zero-order chi connectivity index (χ0) is 22.8. The fourth-order valence-electron chi connectivity index (χ4n) is 4.14. The van der Waals surface area contributed by atoms with E-state index in [1.54, 1.807) is 36.9 Å². The van der Waals surface area contributed by atoms with Gasteiger partial charge in [0.05, 0.1) is 19.8 Å². The number of hydrogen-bond donors (Lipinski definition) is 1. The molecule has 2 aromatic heterocycles. The number of piperidine rings is 1. The smallest absolute Gasteiger partial charge is 0.188 e. The first-order chi connectivity index (χ1) is 16.1. The molecule has 0 aliphatic carbocycles. The fraction of sp³-hybridized carbons (Fsp3) is 0.292. The summed E-state index contributed by atoms with van der Waals surface area (Å²) in [5.74, 6) is 2.38. The SMILES string of the molecule is COc1cc(NC2CCN(c3ccc4nnc(-c5ccccc5F)n4n3)CC2)cc(OC)c1. The van der Waals surface area contributed by atoms with Crippen LogP contribution < -0.4 is 19.7 Å². The molecule has 4 aromatic rings. The Morgan fingerprint density at radius 1 is 0.939 bits per heavy atom. The molecule has 1 aliphatic heterocycles. The van der Waals surface area contributed by atoms with Crippen LogP contribution in [-0.4, -0.2) is 53.2 Å². The summed E-state index contributed by atoms with van der Waals surface area (Å²) in [6.07, 6.45) is 1.89. The lowest BCUT2D eigenvalue weighted by molar-refractivity contribution is 0.394. The van der Waals surface area contributed by atoms with E-state index in [9.17, 15) is 4.39 Å². The zero-order valence-electron chi connectivity index (χ0n) is 18.5. The van der Waals surface area contributed by atoms with Crippen molar-refractivity contribution in [3.8, 4) is 22.9 Å². The normalized spacial score (nSPS) is 14.5. The number of methoxy groups -OCH3 is 2. The Hall–Kier alpha value is -3.88. The van der Waals surface area contributed by atoms with E-state index in [0.717, 1.165) is 48.9 Å². The third-order valence-corrected chi connectivity index (χ3v) is 5.90. The summed E-state index contributed by atoms with van der Waals surface area (Å²) in [7, 11) is 3.29. The van der Waals surface area contributed by atoms with Gasteiger partial charge in [-0.15, -0.1) is 15.3 Å². The van der Waals surface area contributed by atoms with Gasteiger partial charge in [0.15, 0.2) is 11.5 Å². The summed E-state index contributed by atoms with van der Waals surface area (Å²) in [5.41, 5.74) is 1.94. The van der Waals surface area contributed by atoms with Crippen molar-refractivity contribution < 1.29 is 13.9 Å². The predicted octanol–water partition coefficient (Wildman–Crippen LogP) is 4.03. The molecule has 2 aromatic carbocycles. The van der Waals surface area contributed by atoms with Crippen molar-refractivity contribution in [2.24, 2.45) is 0 Å². The molecule has 0 unspecified atom stereocenters. The number of rotatable bonds is 6. The van der Waals surface area contributed by atoms with E-state index in [0.29, 0.717) is 23.1 Å². The summed E-state index contributed by atoms with van der Waals surface area (Å²) >= 11 is 0. The molecule has 1 N–H and O–H groups in total. The maximum Gasteiger partial charge on any atom is 0.188 e. The molecule has 8 nitrogen and oxygen atoms in total. The second-order valence-corrected chi connectivity index (χ2v) is 7.97. The van der Waals surface area contributed by atoms with Crippen molar-refractivity contribution >= 4 is 17.2 Å². The van der Waals surface area contributed by atoms with Crippen LogP contribution in [0.15, 0.2) is 54.6 Å². The standard InChI is InChI=1S/C24H25FN6O2/c1-32-18-13-17(14-19(15-18)33-2)26-16-9-11-30(12-10-16)23-8-7-22-27-28-24(31(22)29-23)20-5-3-4-6-21(20)25/h3-8,13-16,26H,9-12H2,1-2H3. The van der Waals surface area contributed by atoms with Gasteiger partial charge in [-0.3, -0.25) is 0 Å². The average molecular weight is 449 g/mol. The van der Waals surface area contributed by atoms with E-state index in [1.807, 2.05) is 30.3 Å². The molecule has 0 spiro atoms. The summed E-state index contributed by atoms with van der Waals surface area (Å²) in [4.78, 5) is 2.23. The number of ether oxygens (including phenoxy) is 2. The lowest BCUT2D eigenvalue weighted by atomic mass is 10.0. The lowest BCUT2D eigenvalue weighted by Gasteiger charge is -2.33. The van der Waals surface area contributed by atoms with E-state index >= 15 is 0 Å². The van der Waals surface area contributed by atoms with Crippen LogP contribution in [0.1, 0.15) is 12.8 Å². The summed E-state index contributed by atoms with van der Waals surface area (Å²) in [5, 5.41) is 16.6. The molecular formula is C24H25FN6O2. The zero-order valence-corrected chi connectivity index (χ0v) is 18.5. The van der Waals surface area contributed by atoms with Gasteiger partial charge in [0.1, 0.15) is 23.1 Å². The van der Waals surface area contributed by atoms with E-state index in [-0.39, 0.29) is 5.82 Å². The van der Waals surface area contributed by atoms with Gasteiger partial charge in [-0.1, -0.05) is 12.1 Å².